The fourth-order valence-corrected chi connectivity index (χ4v) is 3.35. The number of piperidine rings is 1. The lowest BCUT2D eigenvalue weighted by atomic mass is 10.0. The van der Waals surface area contributed by atoms with E-state index >= 15 is 0 Å². The highest BCUT2D eigenvalue weighted by molar-refractivity contribution is 5.88. The van der Waals surface area contributed by atoms with Gasteiger partial charge in [-0.15, -0.1) is 0 Å². The molecule has 27 heavy (non-hydrogen) atoms. The molecule has 2 N–H and O–H groups in total. The molecule has 7 nitrogen and oxygen atoms in total. The first-order valence-corrected chi connectivity index (χ1v) is 9.34. The van der Waals surface area contributed by atoms with Gasteiger partial charge in [0.05, 0.1) is 0 Å². The Morgan fingerprint density at radius 3 is 2.74 bits per heavy atom. The van der Waals surface area contributed by atoms with Crippen LogP contribution in [0.25, 0.3) is 0 Å². The molecule has 2 aromatic rings. The Kier molecular flexibility index (Phi) is 6.24. The van der Waals surface area contributed by atoms with E-state index in [1.807, 2.05) is 37.2 Å². The summed E-state index contributed by atoms with van der Waals surface area (Å²) in [6.45, 7) is 4.51. The number of nitrogens with zero attached hydrogens (tertiary/aromatic N) is 4. The third-order valence-corrected chi connectivity index (χ3v) is 4.65. The minimum atomic E-state index is -0.0464. The summed E-state index contributed by atoms with van der Waals surface area (Å²) < 4.78 is 0. The fourth-order valence-electron chi connectivity index (χ4n) is 3.35. The van der Waals surface area contributed by atoms with Crippen molar-refractivity contribution in [2.45, 2.75) is 32.4 Å². The number of nitrogens with one attached hydrogen (secondary N) is 2. The molecule has 0 radical (unpaired) electrons. The minimum absolute atomic E-state index is 0.0464. The van der Waals surface area contributed by atoms with Crippen molar-refractivity contribution in [1.82, 2.24) is 14.9 Å². The van der Waals surface area contributed by atoms with E-state index in [0.29, 0.717) is 6.04 Å². The lowest BCUT2D eigenvalue weighted by Gasteiger charge is -2.33. The highest BCUT2D eigenvalue weighted by Gasteiger charge is 2.20. The van der Waals surface area contributed by atoms with Crippen LogP contribution in [-0.2, 0) is 11.3 Å². The van der Waals surface area contributed by atoms with Gasteiger partial charge in [-0.05, 0) is 37.1 Å². The first kappa shape index (κ1) is 19.1. The average Bonchev–Trinajstić information content (AvgIpc) is 2.63. The normalized spacial score (nSPS) is 17.4. The summed E-state index contributed by atoms with van der Waals surface area (Å²) >= 11 is 0. The Bertz CT molecular complexity index is 761. The summed E-state index contributed by atoms with van der Waals surface area (Å²) in [4.78, 5) is 24.2. The number of carbonyl (C=O) groups is 1. The van der Waals surface area contributed by atoms with Crippen molar-refractivity contribution in [3.8, 4) is 0 Å². The zero-order chi connectivity index (χ0) is 19.2. The van der Waals surface area contributed by atoms with Gasteiger partial charge in [-0.1, -0.05) is 12.1 Å². The lowest BCUT2D eigenvalue weighted by molar-refractivity contribution is -0.114. The van der Waals surface area contributed by atoms with E-state index in [4.69, 9.17) is 0 Å². The summed E-state index contributed by atoms with van der Waals surface area (Å²) in [6, 6.07) is 10.4. The van der Waals surface area contributed by atoms with Gasteiger partial charge in [0.25, 0.3) is 0 Å². The Balaban J connectivity index is 1.56. The number of anilines is 3. The van der Waals surface area contributed by atoms with Gasteiger partial charge in [0, 0.05) is 51.9 Å². The molecule has 0 saturated carbocycles. The molecule has 1 aliphatic rings. The number of benzene rings is 1. The zero-order valence-corrected chi connectivity index (χ0v) is 16.3. The fraction of sp³-hybridized carbons (Fsp3) is 0.450. The van der Waals surface area contributed by atoms with Crippen molar-refractivity contribution in [3.05, 3.63) is 42.2 Å². The van der Waals surface area contributed by atoms with Crippen LogP contribution < -0.4 is 15.5 Å². The van der Waals surface area contributed by atoms with E-state index in [9.17, 15) is 4.79 Å². The van der Waals surface area contributed by atoms with Gasteiger partial charge in [0.15, 0.2) is 0 Å². The molecule has 1 aromatic heterocycles. The van der Waals surface area contributed by atoms with Gasteiger partial charge in [0.1, 0.15) is 18.0 Å². The molecule has 1 unspecified atom stereocenters. The van der Waals surface area contributed by atoms with Gasteiger partial charge in [0.2, 0.25) is 5.91 Å². The summed E-state index contributed by atoms with van der Waals surface area (Å²) in [5.41, 5.74) is 2.09. The second-order valence-electron chi connectivity index (χ2n) is 7.25. The summed E-state index contributed by atoms with van der Waals surface area (Å²) in [5, 5.41) is 6.36. The van der Waals surface area contributed by atoms with E-state index in [1.165, 1.54) is 12.5 Å². The van der Waals surface area contributed by atoms with Crippen molar-refractivity contribution in [1.29, 1.82) is 0 Å². The molecule has 0 aliphatic carbocycles. The van der Waals surface area contributed by atoms with E-state index in [-0.39, 0.29) is 5.91 Å². The topological polar surface area (TPSA) is 73.4 Å². The molecule has 3 rings (SSSR count). The Labute approximate surface area is 160 Å². The van der Waals surface area contributed by atoms with Crippen LogP contribution in [0.4, 0.5) is 17.3 Å². The third kappa shape index (κ3) is 5.65. The smallest absolute Gasteiger partial charge is 0.221 e. The van der Waals surface area contributed by atoms with Crippen molar-refractivity contribution in [3.63, 3.8) is 0 Å². The van der Waals surface area contributed by atoms with Crippen LogP contribution in [0.2, 0.25) is 0 Å². The predicted molar refractivity (Wildman–Crippen MR) is 109 cm³/mol. The molecule has 1 aliphatic heterocycles. The SMILES string of the molecule is CC(=O)Nc1ccc(CN2CCCC(Nc3cc(N(C)C)ncn3)C2)cc1. The molecule has 0 bridgehead atoms. The van der Waals surface area contributed by atoms with Gasteiger partial charge in [-0.2, -0.15) is 0 Å². The highest BCUT2D eigenvalue weighted by Crippen LogP contribution is 2.19. The quantitative estimate of drug-likeness (QED) is 0.816. The Morgan fingerprint density at radius 1 is 1.26 bits per heavy atom. The summed E-state index contributed by atoms with van der Waals surface area (Å²) in [5.74, 6) is 1.73. The molecule has 1 fully saturated rings. The first-order valence-electron chi connectivity index (χ1n) is 9.34. The zero-order valence-electron chi connectivity index (χ0n) is 16.3. The van der Waals surface area contributed by atoms with Gasteiger partial charge in [-0.25, -0.2) is 9.97 Å². The first-order chi connectivity index (χ1) is 13.0. The van der Waals surface area contributed by atoms with Gasteiger partial charge in [-0.3, -0.25) is 9.69 Å². The van der Waals surface area contributed by atoms with E-state index in [0.717, 1.165) is 49.8 Å². The standard InChI is InChI=1S/C20H28N6O/c1-15(27)23-17-8-6-16(7-9-17)12-26-10-4-5-18(13-26)24-19-11-20(25(2)3)22-14-21-19/h6-9,11,14,18H,4-5,10,12-13H2,1-3H3,(H,23,27)(H,21,22,24). The molecule has 1 atom stereocenters. The molecule has 7 heteroatoms. The summed E-state index contributed by atoms with van der Waals surface area (Å²) in [7, 11) is 3.96. The number of hydrogen-bond donors (Lipinski definition) is 2. The lowest BCUT2D eigenvalue weighted by Crippen LogP contribution is -2.41. The minimum Gasteiger partial charge on any atom is -0.366 e. The maximum Gasteiger partial charge on any atom is 0.221 e. The summed E-state index contributed by atoms with van der Waals surface area (Å²) in [6.07, 6.45) is 3.90. The number of rotatable bonds is 6. The molecule has 1 aromatic carbocycles. The molecule has 0 spiro atoms. The Morgan fingerprint density at radius 2 is 2.04 bits per heavy atom. The third-order valence-electron chi connectivity index (χ3n) is 4.65. The van der Waals surface area contributed by atoms with Crippen LogP contribution in [0.5, 0.6) is 0 Å². The molecular formula is C20H28N6O. The number of likely N-dealkylation sites (tertiary alicyclic amines) is 1. The van der Waals surface area contributed by atoms with Crippen molar-refractivity contribution in [2.24, 2.45) is 0 Å². The average molecular weight is 368 g/mol. The van der Waals surface area contributed by atoms with Crippen LogP contribution in [0.3, 0.4) is 0 Å². The largest absolute Gasteiger partial charge is 0.366 e. The van der Waals surface area contributed by atoms with Crippen LogP contribution in [0, 0.1) is 0 Å². The monoisotopic (exact) mass is 368 g/mol. The molecular weight excluding hydrogens is 340 g/mol. The number of carbonyl (C=O) groups excluding carboxylic acids is 1. The molecule has 1 amide bonds. The number of aromatic nitrogens is 2. The number of amides is 1. The Hall–Kier alpha value is -2.67. The van der Waals surface area contributed by atoms with Crippen LogP contribution in [0.15, 0.2) is 36.7 Å². The van der Waals surface area contributed by atoms with Gasteiger partial charge < -0.3 is 15.5 Å². The van der Waals surface area contributed by atoms with Crippen LogP contribution in [0.1, 0.15) is 25.3 Å². The highest BCUT2D eigenvalue weighted by atomic mass is 16.1. The predicted octanol–water partition coefficient (Wildman–Crippen LogP) is 2.58. The van der Waals surface area contributed by atoms with Crippen molar-refractivity contribution in [2.75, 3.05) is 42.7 Å². The van der Waals surface area contributed by atoms with Crippen molar-refractivity contribution >= 4 is 23.2 Å². The van der Waals surface area contributed by atoms with Crippen molar-refractivity contribution < 1.29 is 4.79 Å². The number of hydrogen-bond acceptors (Lipinski definition) is 6. The van der Waals surface area contributed by atoms with E-state index < -0.39 is 0 Å². The van der Waals surface area contributed by atoms with E-state index in [2.05, 4.69) is 37.6 Å². The maximum absolute atomic E-state index is 11.1. The molecule has 1 saturated heterocycles. The second-order valence-corrected chi connectivity index (χ2v) is 7.25. The van der Waals surface area contributed by atoms with E-state index in [1.54, 1.807) is 6.33 Å². The van der Waals surface area contributed by atoms with Crippen LogP contribution >= 0.6 is 0 Å². The van der Waals surface area contributed by atoms with Crippen LogP contribution in [-0.4, -0.2) is 54.0 Å². The second kappa shape index (κ2) is 8.81. The molecule has 2 heterocycles. The van der Waals surface area contributed by atoms with Gasteiger partial charge >= 0.3 is 0 Å². The molecule has 144 valence electrons. The maximum atomic E-state index is 11.1.